The number of hydrogen-bond acceptors (Lipinski definition) is 4. The zero-order valence-electron chi connectivity index (χ0n) is 13.5. The number of carbonyl (C=O) groups is 2. The van der Waals surface area contributed by atoms with Gasteiger partial charge in [0.2, 0.25) is 5.91 Å². The number of ketones is 1. The summed E-state index contributed by atoms with van der Waals surface area (Å²) in [6.45, 7) is 0.601. The van der Waals surface area contributed by atoms with Crippen molar-refractivity contribution in [2.24, 2.45) is 0 Å². The van der Waals surface area contributed by atoms with Gasteiger partial charge in [-0.2, -0.15) is 0 Å². The maximum absolute atomic E-state index is 11.9. The van der Waals surface area contributed by atoms with E-state index in [1.165, 1.54) is 16.9 Å². The summed E-state index contributed by atoms with van der Waals surface area (Å²) in [6, 6.07) is 11.3. The fourth-order valence-electron chi connectivity index (χ4n) is 2.22. The molecule has 24 heavy (non-hydrogen) atoms. The Balaban J connectivity index is 1.61. The van der Waals surface area contributed by atoms with Crippen LogP contribution in [0.15, 0.2) is 36.4 Å². The van der Waals surface area contributed by atoms with E-state index in [-0.39, 0.29) is 24.5 Å². The number of carbonyl (C=O) groups excluding carboxylic acids is 2. The SMILES string of the molecule is COc1ccc(CCCNC(=O)CCC(=O)c2ccc(Cl)s2)cc1. The molecule has 2 aromatic rings. The Bertz CT molecular complexity index is 682. The van der Waals surface area contributed by atoms with Gasteiger partial charge in [0.25, 0.3) is 0 Å². The van der Waals surface area contributed by atoms with Crippen LogP contribution in [0.4, 0.5) is 0 Å². The first-order valence-electron chi connectivity index (χ1n) is 7.76. The molecule has 0 unspecified atom stereocenters. The maximum atomic E-state index is 11.9. The number of thiophene rings is 1. The molecular weight excluding hydrogens is 346 g/mol. The predicted octanol–water partition coefficient (Wildman–Crippen LogP) is 4.12. The first kappa shape index (κ1) is 18.5. The van der Waals surface area contributed by atoms with Gasteiger partial charge in [-0.25, -0.2) is 0 Å². The number of amides is 1. The minimum absolute atomic E-state index is 0.0414. The summed E-state index contributed by atoms with van der Waals surface area (Å²) in [6.07, 6.45) is 2.15. The van der Waals surface area contributed by atoms with Crippen LogP contribution in [-0.2, 0) is 11.2 Å². The highest BCUT2D eigenvalue weighted by molar-refractivity contribution is 7.18. The first-order valence-corrected chi connectivity index (χ1v) is 8.96. The van der Waals surface area contributed by atoms with E-state index in [0.29, 0.717) is 15.8 Å². The van der Waals surface area contributed by atoms with Crippen LogP contribution in [-0.4, -0.2) is 25.3 Å². The zero-order chi connectivity index (χ0) is 17.4. The van der Waals surface area contributed by atoms with Gasteiger partial charge in [-0.15, -0.1) is 11.3 Å². The molecule has 0 spiro atoms. The Labute approximate surface area is 150 Å². The summed E-state index contributed by atoms with van der Waals surface area (Å²) in [5.74, 6) is 0.699. The van der Waals surface area contributed by atoms with E-state index < -0.39 is 0 Å². The Morgan fingerprint density at radius 1 is 1.12 bits per heavy atom. The maximum Gasteiger partial charge on any atom is 0.220 e. The molecule has 4 nitrogen and oxygen atoms in total. The molecule has 0 radical (unpaired) electrons. The van der Waals surface area contributed by atoms with Crippen molar-refractivity contribution in [1.82, 2.24) is 5.32 Å². The summed E-state index contributed by atoms with van der Waals surface area (Å²) in [4.78, 5) is 24.3. The van der Waals surface area contributed by atoms with Crippen LogP contribution in [0.1, 0.15) is 34.5 Å². The lowest BCUT2D eigenvalue weighted by Gasteiger charge is -2.06. The molecule has 6 heteroatoms. The lowest BCUT2D eigenvalue weighted by atomic mass is 10.1. The highest BCUT2D eigenvalue weighted by Crippen LogP contribution is 2.22. The molecule has 0 aliphatic carbocycles. The molecular formula is C18H20ClNO3S. The molecule has 1 N–H and O–H groups in total. The molecule has 0 bridgehead atoms. The van der Waals surface area contributed by atoms with E-state index in [0.717, 1.165) is 18.6 Å². The second kappa shape index (κ2) is 9.45. The van der Waals surface area contributed by atoms with E-state index in [2.05, 4.69) is 5.32 Å². The second-order valence-corrected chi connectivity index (χ2v) is 7.04. The molecule has 0 atom stereocenters. The van der Waals surface area contributed by atoms with Crippen molar-refractivity contribution >= 4 is 34.6 Å². The number of ether oxygens (including phenoxy) is 1. The van der Waals surface area contributed by atoms with E-state index in [1.807, 2.05) is 24.3 Å². The van der Waals surface area contributed by atoms with Gasteiger partial charge < -0.3 is 10.1 Å². The predicted molar refractivity (Wildman–Crippen MR) is 97.2 cm³/mol. The second-order valence-electron chi connectivity index (χ2n) is 5.33. The van der Waals surface area contributed by atoms with Crippen LogP contribution in [0, 0.1) is 0 Å². The Morgan fingerprint density at radius 2 is 1.88 bits per heavy atom. The third-order valence-corrected chi connectivity index (χ3v) is 4.82. The van der Waals surface area contributed by atoms with Crippen LogP contribution in [0.25, 0.3) is 0 Å². The molecule has 0 aliphatic heterocycles. The van der Waals surface area contributed by atoms with Crippen molar-refractivity contribution < 1.29 is 14.3 Å². The molecule has 128 valence electrons. The zero-order valence-corrected chi connectivity index (χ0v) is 15.1. The molecule has 0 aliphatic rings. The molecule has 1 amide bonds. The van der Waals surface area contributed by atoms with Crippen molar-refractivity contribution in [2.45, 2.75) is 25.7 Å². The van der Waals surface area contributed by atoms with Gasteiger partial charge in [0.05, 0.1) is 16.3 Å². The van der Waals surface area contributed by atoms with E-state index in [9.17, 15) is 9.59 Å². The number of Topliss-reactive ketones (excluding diaryl/α,β-unsaturated/α-hetero) is 1. The van der Waals surface area contributed by atoms with Crippen LogP contribution in [0.5, 0.6) is 5.75 Å². The summed E-state index contributed by atoms with van der Waals surface area (Å²) in [7, 11) is 1.64. The average molecular weight is 366 g/mol. The highest BCUT2D eigenvalue weighted by Gasteiger charge is 2.11. The first-order chi connectivity index (χ1) is 11.6. The topological polar surface area (TPSA) is 55.4 Å². The van der Waals surface area contributed by atoms with E-state index in [4.69, 9.17) is 16.3 Å². The molecule has 1 aromatic carbocycles. The third kappa shape index (κ3) is 5.98. The lowest BCUT2D eigenvalue weighted by molar-refractivity contribution is -0.121. The largest absolute Gasteiger partial charge is 0.497 e. The summed E-state index contributed by atoms with van der Waals surface area (Å²) < 4.78 is 5.70. The van der Waals surface area contributed by atoms with E-state index in [1.54, 1.807) is 19.2 Å². The molecule has 1 aromatic heterocycles. The van der Waals surface area contributed by atoms with Crippen LogP contribution in [0.3, 0.4) is 0 Å². The number of aryl methyl sites for hydroxylation is 1. The number of halogens is 1. The molecule has 0 saturated heterocycles. The number of rotatable bonds is 9. The van der Waals surface area contributed by atoms with Crippen molar-refractivity contribution in [3.05, 3.63) is 51.2 Å². The lowest BCUT2D eigenvalue weighted by Crippen LogP contribution is -2.25. The normalized spacial score (nSPS) is 10.4. The average Bonchev–Trinajstić information content (AvgIpc) is 3.03. The molecule has 1 heterocycles. The molecule has 2 rings (SSSR count). The van der Waals surface area contributed by atoms with Crippen LogP contribution in [0.2, 0.25) is 4.34 Å². The summed E-state index contributed by atoms with van der Waals surface area (Å²) in [5.41, 5.74) is 1.20. The Morgan fingerprint density at radius 3 is 2.50 bits per heavy atom. The van der Waals surface area contributed by atoms with E-state index >= 15 is 0 Å². The van der Waals surface area contributed by atoms with Gasteiger partial charge in [-0.3, -0.25) is 9.59 Å². The third-order valence-electron chi connectivity index (χ3n) is 3.55. The fourth-order valence-corrected chi connectivity index (χ4v) is 3.23. The van der Waals surface area contributed by atoms with Gasteiger partial charge in [0.1, 0.15) is 5.75 Å². The number of nitrogens with one attached hydrogen (secondary N) is 1. The summed E-state index contributed by atoms with van der Waals surface area (Å²) in [5, 5.41) is 2.85. The molecule has 0 saturated carbocycles. The quantitative estimate of drug-likeness (QED) is 0.537. The van der Waals surface area contributed by atoms with Crippen LogP contribution < -0.4 is 10.1 Å². The van der Waals surface area contributed by atoms with Gasteiger partial charge >= 0.3 is 0 Å². The number of benzene rings is 1. The van der Waals surface area contributed by atoms with Crippen molar-refractivity contribution in [1.29, 1.82) is 0 Å². The Hall–Kier alpha value is -1.85. The van der Waals surface area contributed by atoms with Gasteiger partial charge in [0, 0.05) is 19.4 Å². The van der Waals surface area contributed by atoms with Gasteiger partial charge in [0.15, 0.2) is 5.78 Å². The van der Waals surface area contributed by atoms with Crippen molar-refractivity contribution in [3.8, 4) is 5.75 Å². The minimum atomic E-state index is -0.0965. The highest BCUT2D eigenvalue weighted by atomic mass is 35.5. The number of hydrogen-bond donors (Lipinski definition) is 1. The molecule has 0 fully saturated rings. The standard InChI is InChI=1S/C18H20ClNO3S/c1-23-14-6-4-13(5-7-14)3-2-12-20-18(22)11-8-15(21)16-9-10-17(19)24-16/h4-7,9-10H,2-3,8,11-12H2,1H3,(H,20,22). The minimum Gasteiger partial charge on any atom is -0.497 e. The smallest absolute Gasteiger partial charge is 0.220 e. The van der Waals surface area contributed by atoms with Crippen molar-refractivity contribution in [2.75, 3.05) is 13.7 Å². The van der Waals surface area contributed by atoms with Gasteiger partial charge in [-0.1, -0.05) is 23.7 Å². The van der Waals surface area contributed by atoms with Crippen LogP contribution >= 0.6 is 22.9 Å². The van der Waals surface area contributed by atoms with Gasteiger partial charge in [-0.05, 0) is 42.7 Å². The monoisotopic (exact) mass is 365 g/mol. The number of methoxy groups -OCH3 is 1. The summed E-state index contributed by atoms with van der Waals surface area (Å²) >= 11 is 7.04. The fraction of sp³-hybridized carbons (Fsp3) is 0.333. The Kier molecular flexibility index (Phi) is 7.28. The van der Waals surface area contributed by atoms with Crippen molar-refractivity contribution in [3.63, 3.8) is 0 Å².